The van der Waals surface area contributed by atoms with Crippen LogP contribution in [0.2, 0.25) is 0 Å². The standard InChI is InChI=1S/C9H16N2O2/c12-7-4-6(5-7)11-9(13)8-2-1-3-10-8/h6-8,10,12H,1-5H2,(H,11,13)/t6?,7?,8-/m1/s1. The zero-order valence-electron chi connectivity index (χ0n) is 7.62. The molecule has 1 aliphatic heterocycles. The van der Waals surface area contributed by atoms with Gasteiger partial charge in [-0.05, 0) is 32.2 Å². The summed E-state index contributed by atoms with van der Waals surface area (Å²) in [5.41, 5.74) is 0. The zero-order chi connectivity index (χ0) is 9.26. The van der Waals surface area contributed by atoms with Crippen molar-refractivity contribution in [3.05, 3.63) is 0 Å². The van der Waals surface area contributed by atoms with Gasteiger partial charge in [-0.25, -0.2) is 0 Å². The normalized spacial score (nSPS) is 38.4. The number of carbonyl (C=O) groups is 1. The van der Waals surface area contributed by atoms with Gasteiger partial charge >= 0.3 is 0 Å². The highest BCUT2D eigenvalue weighted by Gasteiger charge is 2.31. The Morgan fingerprint density at radius 1 is 1.46 bits per heavy atom. The first-order valence-corrected chi connectivity index (χ1v) is 4.97. The topological polar surface area (TPSA) is 61.4 Å². The molecule has 2 aliphatic rings. The summed E-state index contributed by atoms with van der Waals surface area (Å²) in [5, 5.41) is 15.1. The lowest BCUT2D eigenvalue weighted by molar-refractivity contribution is -0.124. The van der Waals surface area contributed by atoms with Crippen molar-refractivity contribution >= 4 is 5.91 Å². The highest BCUT2D eigenvalue weighted by atomic mass is 16.3. The first-order valence-electron chi connectivity index (χ1n) is 4.97. The molecule has 0 aromatic heterocycles. The summed E-state index contributed by atoms with van der Waals surface area (Å²) in [6.45, 7) is 0.950. The van der Waals surface area contributed by atoms with E-state index in [-0.39, 0.29) is 24.1 Å². The van der Waals surface area contributed by atoms with E-state index in [1.165, 1.54) is 0 Å². The molecule has 0 radical (unpaired) electrons. The third kappa shape index (κ3) is 2.00. The summed E-state index contributed by atoms with van der Waals surface area (Å²) in [7, 11) is 0. The van der Waals surface area contributed by atoms with Crippen LogP contribution in [0.15, 0.2) is 0 Å². The third-order valence-corrected chi connectivity index (χ3v) is 2.84. The maximum Gasteiger partial charge on any atom is 0.237 e. The van der Waals surface area contributed by atoms with Crippen LogP contribution in [0.1, 0.15) is 25.7 Å². The number of carbonyl (C=O) groups excluding carboxylic acids is 1. The Balaban J connectivity index is 1.72. The van der Waals surface area contributed by atoms with Crippen LogP contribution in [-0.2, 0) is 4.79 Å². The molecule has 4 heteroatoms. The van der Waals surface area contributed by atoms with Gasteiger partial charge in [0.25, 0.3) is 0 Å². The van der Waals surface area contributed by atoms with Crippen LogP contribution in [0, 0.1) is 0 Å². The molecule has 0 bridgehead atoms. The summed E-state index contributed by atoms with van der Waals surface area (Å²) in [5.74, 6) is 0.106. The van der Waals surface area contributed by atoms with Crippen LogP contribution in [0.25, 0.3) is 0 Å². The van der Waals surface area contributed by atoms with Crippen LogP contribution in [0.3, 0.4) is 0 Å². The lowest BCUT2D eigenvalue weighted by Crippen LogP contribution is -2.51. The van der Waals surface area contributed by atoms with Gasteiger partial charge in [0.2, 0.25) is 5.91 Å². The largest absolute Gasteiger partial charge is 0.393 e. The molecule has 13 heavy (non-hydrogen) atoms. The Kier molecular flexibility index (Phi) is 2.51. The maximum absolute atomic E-state index is 11.5. The van der Waals surface area contributed by atoms with Crippen LogP contribution >= 0.6 is 0 Å². The fraction of sp³-hybridized carbons (Fsp3) is 0.889. The molecule has 0 aromatic carbocycles. The van der Waals surface area contributed by atoms with E-state index >= 15 is 0 Å². The maximum atomic E-state index is 11.5. The van der Waals surface area contributed by atoms with Gasteiger partial charge in [0, 0.05) is 6.04 Å². The van der Waals surface area contributed by atoms with Crippen LogP contribution in [-0.4, -0.2) is 35.7 Å². The summed E-state index contributed by atoms with van der Waals surface area (Å²) < 4.78 is 0. The van der Waals surface area contributed by atoms with Crippen molar-refractivity contribution in [2.75, 3.05) is 6.54 Å². The Labute approximate surface area is 77.7 Å². The predicted octanol–water partition coefficient (Wildman–Crippen LogP) is -0.622. The van der Waals surface area contributed by atoms with Crippen molar-refractivity contribution in [2.24, 2.45) is 0 Å². The Hall–Kier alpha value is -0.610. The van der Waals surface area contributed by atoms with Gasteiger partial charge in [-0.15, -0.1) is 0 Å². The number of nitrogens with one attached hydrogen (secondary N) is 2. The average molecular weight is 184 g/mol. The molecule has 1 atom stereocenters. The van der Waals surface area contributed by atoms with Crippen LogP contribution in [0.5, 0.6) is 0 Å². The lowest BCUT2D eigenvalue weighted by Gasteiger charge is -2.32. The SMILES string of the molecule is O=C(NC1CC(O)C1)[C@H]1CCCN1. The zero-order valence-corrected chi connectivity index (χ0v) is 7.62. The minimum atomic E-state index is -0.193. The number of hydrogen-bond acceptors (Lipinski definition) is 3. The second-order valence-electron chi connectivity index (χ2n) is 3.98. The molecular formula is C9H16N2O2. The number of aliphatic hydroxyl groups excluding tert-OH is 1. The third-order valence-electron chi connectivity index (χ3n) is 2.84. The van der Waals surface area contributed by atoms with Crippen LogP contribution in [0.4, 0.5) is 0 Å². The van der Waals surface area contributed by atoms with Gasteiger partial charge in [-0.2, -0.15) is 0 Å². The molecular weight excluding hydrogens is 168 g/mol. The van der Waals surface area contributed by atoms with E-state index in [9.17, 15) is 4.79 Å². The molecule has 1 aliphatic carbocycles. The summed E-state index contributed by atoms with van der Waals surface area (Å²) in [4.78, 5) is 11.5. The van der Waals surface area contributed by atoms with E-state index in [1.54, 1.807) is 0 Å². The monoisotopic (exact) mass is 184 g/mol. The molecule has 1 amide bonds. The first-order chi connectivity index (χ1) is 6.25. The van der Waals surface area contributed by atoms with Gasteiger partial charge in [0.05, 0.1) is 12.1 Å². The van der Waals surface area contributed by atoms with Gasteiger partial charge in [0.15, 0.2) is 0 Å². The van der Waals surface area contributed by atoms with Gasteiger partial charge in [-0.3, -0.25) is 4.79 Å². The number of aliphatic hydroxyl groups is 1. The van der Waals surface area contributed by atoms with Crippen molar-refractivity contribution in [1.82, 2.24) is 10.6 Å². The van der Waals surface area contributed by atoms with Crippen molar-refractivity contribution in [3.8, 4) is 0 Å². The Morgan fingerprint density at radius 3 is 2.77 bits per heavy atom. The molecule has 2 rings (SSSR count). The fourth-order valence-corrected chi connectivity index (χ4v) is 1.92. The lowest BCUT2D eigenvalue weighted by atomic mass is 9.89. The van der Waals surface area contributed by atoms with Gasteiger partial charge < -0.3 is 15.7 Å². The Morgan fingerprint density at radius 2 is 2.23 bits per heavy atom. The molecule has 1 saturated heterocycles. The molecule has 1 heterocycles. The van der Waals surface area contributed by atoms with Gasteiger partial charge in [0.1, 0.15) is 0 Å². The molecule has 0 unspecified atom stereocenters. The molecule has 74 valence electrons. The van der Waals surface area contributed by atoms with E-state index in [2.05, 4.69) is 10.6 Å². The smallest absolute Gasteiger partial charge is 0.237 e. The average Bonchev–Trinajstić information content (AvgIpc) is 2.53. The minimum absolute atomic E-state index is 0.0118. The number of rotatable bonds is 2. The van der Waals surface area contributed by atoms with Crippen molar-refractivity contribution in [2.45, 2.75) is 43.9 Å². The first kappa shape index (κ1) is 8.97. The summed E-state index contributed by atoms with van der Waals surface area (Å²) >= 11 is 0. The molecule has 1 saturated carbocycles. The summed E-state index contributed by atoms with van der Waals surface area (Å²) in [6.07, 6.45) is 3.28. The Bertz CT molecular complexity index is 196. The highest BCUT2D eigenvalue weighted by Crippen LogP contribution is 2.19. The quantitative estimate of drug-likeness (QED) is 0.536. The van der Waals surface area contributed by atoms with Crippen LogP contribution < -0.4 is 10.6 Å². The molecule has 2 fully saturated rings. The van der Waals surface area contributed by atoms with Crippen molar-refractivity contribution in [1.29, 1.82) is 0 Å². The van der Waals surface area contributed by atoms with E-state index < -0.39 is 0 Å². The van der Waals surface area contributed by atoms with E-state index in [0.29, 0.717) is 0 Å². The van der Waals surface area contributed by atoms with E-state index in [0.717, 1.165) is 32.2 Å². The predicted molar refractivity (Wildman–Crippen MR) is 48.2 cm³/mol. The minimum Gasteiger partial charge on any atom is -0.393 e. The molecule has 3 N–H and O–H groups in total. The molecule has 4 nitrogen and oxygen atoms in total. The fourth-order valence-electron chi connectivity index (χ4n) is 1.92. The number of amides is 1. The van der Waals surface area contributed by atoms with Crippen molar-refractivity contribution < 1.29 is 9.90 Å². The summed E-state index contributed by atoms with van der Waals surface area (Å²) in [6, 6.07) is 0.225. The second-order valence-corrected chi connectivity index (χ2v) is 3.98. The van der Waals surface area contributed by atoms with Crippen molar-refractivity contribution in [3.63, 3.8) is 0 Å². The highest BCUT2D eigenvalue weighted by molar-refractivity contribution is 5.82. The number of hydrogen-bond donors (Lipinski definition) is 3. The molecule has 0 spiro atoms. The second kappa shape index (κ2) is 3.64. The van der Waals surface area contributed by atoms with E-state index in [1.807, 2.05) is 0 Å². The van der Waals surface area contributed by atoms with E-state index in [4.69, 9.17) is 5.11 Å². The van der Waals surface area contributed by atoms with Gasteiger partial charge in [-0.1, -0.05) is 0 Å². The molecule has 0 aromatic rings.